The van der Waals surface area contributed by atoms with E-state index in [4.69, 9.17) is 16.3 Å². The van der Waals surface area contributed by atoms with Crippen LogP contribution < -0.4 is 15.5 Å². The third-order valence-electron chi connectivity index (χ3n) is 4.31. The Morgan fingerprint density at radius 1 is 1.36 bits per heavy atom. The van der Waals surface area contributed by atoms with Crippen LogP contribution in [-0.2, 0) is 9.53 Å². The number of hydrogen-bond donors (Lipinski definition) is 3. The number of carbonyl (C=O) groups excluding carboxylic acids is 2. The van der Waals surface area contributed by atoms with Gasteiger partial charge in [0.1, 0.15) is 6.61 Å². The van der Waals surface area contributed by atoms with Crippen LogP contribution in [0.4, 0.5) is 11.4 Å². The molecule has 0 aliphatic carbocycles. The summed E-state index contributed by atoms with van der Waals surface area (Å²) in [4.78, 5) is 26.2. The molecule has 1 aliphatic rings. The highest BCUT2D eigenvalue weighted by Gasteiger charge is 2.21. The summed E-state index contributed by atoms with van der Waals surface area (Å²) in [6, 6.07) is 8.99. The van der Waals surface area contributed by atoms with Crippen LogP contribution >= 0.6 is 22.9 Å². The van der Waals surface area contributed by atoms with E-state index in [1.807, 2.05) is 25.1 Å². The van der Waals surface area contributed by atoms with E-state index in [0.29, 0.717) is 22.4 Å². The summed E-state index contributed by atoms with van der Waals surface area (Å²) in [6.45, 7) is 3.52. The normalized spacial score (nSPS) is 15.4. The SMILES string of the molecule is Cc1cc(NC[C@@H](O)CNC(=O)c2ccc(Cl)s2)ccc1N1CCOCC1=O. The Morgan fingerprint density at radius 3 is 2.86 bits per heavy atom. The lowest BCUT2D eigenvalue weighted by molar-refractivity contribution is -0.125. The van der Waals surface area contributed by atoms with Gasteiger partial charge in [-0.2, -0.15) is 0 Å². The zero-order chi connectivity index (χ0) is 20.1. The number of benzene rings is 1. The summed E-state index contributed by atoms with van der Waals surface area (Å²) in [7, 11) is 0. The van der Waals surface area contributed by atoms with Crippen molar-refractivity contribution >= 4 is 46.1 Å². The fourth-order valence-electron chi connectivity index (χ4n) is 2.88. The molecule has 0 bridgehead atoms. The topological polar surface area (TPSA) is 90.9 Å². The lowest BCUT2D eigenvalue weighted by atomic mass is 10.1. The second-order valence-corrected chi connectivity index (χ2v) is 8.16. The molecule has 1 saturated heterocycles. The van der Waals surface area contributed by atoms with E-state index in [1.165, 1.54) is 11.3 Å². The average molecular weight is 424 g/mol. The van der Waals surface area contributed by atoms with Crippen molar-refractivity contribution in [1.82, 2.24) is 5.32 Å². The van der Waals surface area contributed by atoms with E-state index >= 15 is 0 Å². The number of aryl methyl sites for hydroxylation is 1. The number of nitrogens with zero attached hydrogens (tertiary/aromatic N) is 1. The molecule has 1 aromatic heterocycles. The molecule has 28 heavy (non-hydrogen) atoms. The van der Waals surface area contributed by atoms with Gasteiger partial charge in [-0.25, -0.2) is 0 Å². The van der Waals surface area contributed by atoms with Gasteiger partial charge in [0.05, 0.1) is 21.9 Å². The van der Waals surface area contributed by atoms with Gasteiger partial charge in [-0.3, -0.25) is 9.59 Å². The molecule has 2 heterocycles. The molecule has 9 heteroatoms. The van der Waals surface area contributed by atoms with Crippen LogP contribution in [-0.4, -0.2) is 55.9 Å². The Kier molecular flexibility index (Phi) is 6.90. The second kappa shape index (κ2) is 9.38. The number of aliphatic hydroxyl groups excluding tert-OH is 1. The van der Waals surface area contributed by atoms with Gasteiger partial charge in [0.25, 0.3) is 11.8 Å². The number of hydrogen-bond acceptors (Lipinski definition) is 6. The lowest BCUT2D eigenvalue weighted by Gasteiger charge is -2.28. The maximum atomic E-state index is 12.0. The quantitative estimate of drug-likeness (QED) is 0.635. The number of nitrogens with one attached hydrogen (secondary N) is 2. The van der Waals surface area contributed by atoms with Gasteiger partial charge in [-0.1, -0.05) is 11.6 Å². The van der Waals surface area contributed by atoms with Crippen molar-refractivity contribution in [2.75, 3.05) is 43.1 Å². The minimum atomic E-state index is -0.750. The summed E-state index contributed by atoms with van der Waals surface area (Å²) in [5.74, 6) is -0.306. The molecule has 1 aromatic carbocycles. The van der Waals surface area contributed by atoms with Crippen molar-refractivity contribution in [3.63, 3.8) is 0 Å². The molecule has 2 aromatic rings. The molecule has 2 amide bonds. The van der Waals surface area contributed by atoms with E-state index in [1.54, 1.807) is 17.0 Å². The summed E-state index contributed by atoms with van der Waals surface area (Å²) >= 11 is 7.01. The highest BCUT2D eigenvalue weighted by Crippen LogP contribution is 2.25. The first-order chi connectivity index (χ1) is 13.4. The minimum Gasteiger partial charge on any atom is -0.389 e. The van der Waals surface area contributed by atoms with Gasteiger partial charge < -0.3 is 25.4 Å². The van der Waals surface area contributed by atoms with E-state index in [9.17, 15) is 14.7 Å². The van der Waals surface area contributed by atoms with E-state index < -0.39 is 6.10 Å². The Bertz CT molecular complexity index is 857. The van der Waals surface area contributed by atoms with Crippen LogP contribution in [0, 0.1) is 6.92 Å². The maximum Gasteiger partial charge on any atom is 0.261 e. The number of anilines is 2. The third-order valence-corrected chi connectivity index (χ3v) is 5.54. The van der Waals surface area contributed by atoms with Crippen molar-refractivity contribution in [3.8, 4) is 0 Å². The number of halogens is 1. The number of thiophene rings is 1. The zero-order valence-electron chi connectivity index (χ0n) is 15.4. The zero-order valence-corrected chi connectivity index (χ0v) is 17.0. The number of aliphatic hydroxyl groups is 1. The van der Waals surface area contributed by atoms with Crippen molar-refractivity contribution in [1.29, 1.82) is 0 Å². The smallest absolute Gasteiger partial charge is 0.261 e. The first-order valence-electron chi connectivity index (χ1n) is 8.88. The molecule has 0 radical (unpaired) electrons. The fraction of sp³-hybridized carbons (Fsp3) is 0.368. The molecule has 0 saturated carbocycles. The van der Waals surface area contributed by atoms with Gasteiger partial charge in [-0.15, -0.1) is 11.3 Å². The van der Waals surface area contributed by atoms with E-state index in [2.05, 4.69) is 10.6 Å². The Labute approximate surface area is 172 Å². The van der Waals surface area contributed by atoms with Crippen molar-refractivity contribution < 1.29 is 19.4 Å². The largest absolute Gasteiger partial charge is 0.389 e. The van der Waals surface area contributed by atoms with Crippen LogP contribution in [0.15, 0.2) is 30.3 Å². The second-order valence-electron chi connectivity index (χ2n) is 6.45. The van der Waals surface area contributed by atoms with Crippen LogP contribution in [0.25, 0.3) is 0 Å². The number of morpholine rings is 1. The molecular formula is C19H22ClN3O4S. The monoisotopic (exact) mass is 423 g/mol. The molecule has 1 fully saturated rings. The minimum absolute atomic E-state index is 0.0479. The molecule has 3 rings (SSSR count). The first kappa shape index (κ1) is 20.6. The molecule has 0 unspecified atom stereocenters. The number of carbonyl (C=O) groups is 2. The Morgan fingerprint density at radius 2 is 2.18 bits per heavy atom. The number of ether oxygens (including phenoxy) is 1. The van der Waals surface area contributed by atoms with E-state index in [0.717, 1.165) is 16.9 Å². The molecule has 7 nitrogen and oxygen atoms in total. The maximum absolute atomic E-state index is 12.0. The van der Waals surface area contributed by atoms with Crippen LogP contribution in [0.2, 0.25) is 4.34 Å². The van der Waals surface area contributed by atoms with Gasteiger partial charge in [-0.05, 0) is 42.8 Å². The third kappa shape index (κ3) is 5.23. The van der Waals surface area contributed by atoms with Crippen LogP contribution in [0.1, 0.15) is 15.2 Å². The standard InChI is InChI=1S/C19H22ClN3O4S/c1-12-8-13(2-3-15(12)23-6-7-27-11-18(23)25)21-9-14(24)10-22-19(26)16-4-5-17(20)28-16/h2-5,8,14,21,24H,6-7,9-11H2,1H3,(H,22,26)/t14-/m1/s1. The van der Waals surface area contributed by atoms with Gasteiger partial charge >= 0.3 is 0 Å². The van der Waals surface area contributed by atoms with Crippen molar-refractivity contribution in [2.45, 2.75) is 13.0 Å². The van der Waals surface area contributed by atoms with Crippen molar-refractivity contribution in [3.05, 3.63) is 45.1 Å². The molecular weight excluding hydrogens is 402 g/mol. The van der Waals surface area contributed by atoms with Crippen LogP contribution in [0.3, 0.4) is 0 Å². The fourth-order valence-corrected chi connectivity index (χ4v) is 3.84. The molecule has 1 aliphatic heterocycles. The first-order valence-corrected chi connectivity index (χ1v) is 10.1. The van der Waals surface area contributed by atoms with E-state index in [-0.39, 0.29) is 31.5 Å². The molecule has 1 atom stereocenters. The Balaban J connectivity index is 1.49. The highest BCUT2D eigenvalue weighted by molar-refractivity contribution is 7.17. The average Bonchev–Trinajstić information content (AvgIpc) is 3.12. The lowest BCUT2D eigenvalue weighted by Crippen LogP contribution is -2.42. The highest BCUT2D eigenvalue weighted by atomic mass is 35.5. The molecule has 150 valence electrons. The predicted molar refractivity (Wildman–Crippen MR) is 111 cm³/mol. The molecule has 3 N–H and O–H groups in total. The van der Waals surface area contributed by atoms with Crippen LogP contribution in [0.5, 0.6) is 0 Å². The number of amides is 2. The van der Waals surface area contributed by atoms with Gasteiger partial charge in [0, 0.05) is 31.0 Å². The summed E-state index contributed by atoms with van der Waals surface area (Å²) < 4.78 is 5.71. The number of rotatable bonds is 7. The summed E-state index contributed by atoms with van der Waals surface area (Å²) in [5.41, 5.74) is 2.65. The van der Waals surface area contributed by atoms with Crippen molar-refractivity contribution in [2.24, 2.45) is 0 Å². The van der Waals surface area contributed by atoms with Gasteiger partial charge in [0.15, 0.2) is 0 Å². The summed E-state index contributed by atoms with van der Waals surface area (Å²) in [5, 5.41) is 15.9. The summed E-state index contributed by atoms with van der Waals surface area (Å²) in [6.07, 6.45) is -0.750. The Hall–Kier alpha value is -2.13. The predicted octanol–water partition coefficient (Wildman–Crippen LogP) is 2.28. The van der Waals surface area contributed by atoms with Gasteiger partial charge in [0.2, 0.25) is 0 Å². The molecule has 0 spiro atoms.